The van der Waals surface area contributed by atoms with E-state index in [0.717, 1.165) is 0 Å². The van der Waals surface area contributed by atoms with E-state index in [9.17, 15) is 18.1 Å². The van der Waals surface area contributed by atoms with Crippen LogP contribution in [0.3, 0.4) is 0 Å². The smallest absolute Gasteiger partial charge is 0.746 e. The molecule has 0 aliphatic carbocycles. The number of aliphatic hydroxyl groups is 1. The zero-order chi connectivity index (χ0) is 11.5. The third kappa shape index (κ3) is 4.50. The fraction of sp³-hybridized carbons (Fsp3) is 0.333. The van der Waals surface area contributed by atoms with Crippen molar-refractivity contribution in [3.63, 3.8) is 0 Å². The molecular formula is C9H11NaO5S. The third-order valence-corrected chi connectivity index (χ3v) is 2.64. The van der Waals surface area contributed by atoms with Gasteiger partial charge >= 0.3 is 29.6 Å². The molecule has 1 aromatic rings. The van der Waals surface area contributed by atoms with E-state index in [0.29, 0.717) is 12.2 Å². The maximum atomic E-state index is 10.6. The standard InChI is InChI=1S/C9H12O5S.Na/c1-14-6-7-3-2-4-8(5-7)9(10)15(11,12)13;/h2-5,9-10H,6H2,1H3,(H,11,12,13);/q;+1/p-1. The molecule has 1 aromatic carbocycles. The van der Waals surface area contributed by atoms with E-state index >= 15 is 0 Å². The van der Waals surface area contributed by atoms with E-state index in [4.69, 9.17) is 4.74 Å². The molecule has 7 heteroatoms. The maximum Gasteiger partial charge on any atom is 1.00 e. The van der Waals surface area contributed by atoms with Gasteiger partial charge in [0.1, 0.15) is 10.1 Å². The summed E-state index contributed by atoms with van der Waals surface area (Å²) in [5.41, 5.74) is -1.27. The Morgan fingerprint density at radius 2 is 2.12 bits per heavy atom. The Kier molecular flexibility index (Phi) is 6.73. The summed E-state index contributed by atoms with van der Waals surface area (Å²) in [6.45, 7) is 0.291. The quantitative estimate of drug-likeness (QED) is 0.469. The van der Waals surface area contributed by atoms with Gasteiger partial charge in [0.15, 0.2) is 5.44 Å². The van der Waals surface area contributed by atoms with E-state index in [1.807, 2.05) is 0 Å². The monoisotopic (exact) mass is 254 g/mol. The second kappa shape index (κ2) is 6.70. The molecule has 0 saturated heterocycles. The van der Waals surface area contributed by atoms with Crippen LogP contribution in [-0.4, -0.2) is 25.2 Å². The number of benzene rings is 1. The van der Waals surface area contributed by atoms with Gasteiger partial charge in [0.2, 0.25) is 0 Å². The van der Waals surface area contributed by atoms with Crippen molar-refractivity contribution in [2.75, 3.05) is 7.11 Å². The van der Waals surface area contributed by atoms with Crippen LogP contribution in [0, 0.1) is 0 Å². The number of aliphatic hydroxyl groups excluding tert-OH is 1. The fourth-order valence-electron chi connectivity index (χ4n) is 1.17. The van der Waals surface area contributed by atoms with Gasteiger partial charge in [0.05, 0.1) is 6.61 Å². The van der Waals surface area contributed by atoms with Gasteiger partial charge in [0.25, 0.3) is 0 Å². The predicted octanol–water partition coefficient (Wildman–Crippen LogP) is -2.63. The first-order valence-electron chi connectivity index (χ1n) is 4.15. The Bertz CT molecular complexity index is 431. The molecule has 0 aliphatic rings. The maximum absolute atomic E-state index is 10.6. The second-order valence-electron chi connectivity index (χ2n) is 3.02. The van der Waals surface area contributed by atoms with Crippen LogP contribution in [0.15, 0.2) is 24.3 Å². The second-order valence-corrected chi connectivity index (χ2v) is 4.46. The van der Waals surface area contributed by atoms with Crippen molar-refractivity contribution in [2.24, 2.45) is 0 Å². The van der Waals surface area contributed by atoms with Crippen LogP contribution in [0.4, 0.5) is 0 Å². The fourth-order valence-corrected chi connectivity index (χ4v) is 1.65. The molecule has 5 nitrogen and oxygen atoms in total. The number of rotatable bonds is 4. The van der Waals surface area contributed by atoms with E-state index in [1.165, 1.54) is 19.2 Å². The Balaban J connectivity index is 0.00000225. The first-order valence-corrected chi connectivity index (χ1v) is 5.63. The molecule has 0 spiro atoms. The molecule has 84 valence electrons. The zero-order valence-electron chi connectivity index (χ0n) is 9.08. The van der Waals surface area contributed by atoms with Gasteiger partial charge in [-0.2, -0.15) is 0 Å². The van der Waals surface area contributed by atoms with Gasteiger partial charge in [-0.1, -0.05) is 18.2 Å². The van der Waals surface area contributed by atoms with E-state index < -0.39 is 15.6 Å². The van der Waals surface area contributed by atoms with Crippen molar-refractivity contribution < 1.29 is 52.4 Å². The first kappa shape index (κ1) is 16.1. The Hall–Kier alpha value is 0.0500. The van der Waals surface area contributed by atoms with E-state index in [2.05, 4.69) is 0 Å². The molecule has 0 radical (unpaired) electrons. The summed E-state index contributed by atoms with van der Waals surface area (Å²) in [5.74, 6) is 0. The van der Waals surface area contributed by atoms with Crippen molar-refractivity contribution in [3.8, 4) is 0 Å². The minimum atomic E-state index is -4.72. The summed E-state index contributed by atoms with van der Waals surface area (Å²) in [6.07, 6.45) is 0. The van der Waals surface area contributed by atoms with Crippen LogP contribution in [0.2, 0.25) is 0 Å². The normalized spacial score (nSPS) is 12.9. The molecule has 1 rings (SSSR count). The third-order valence-electron chi connectivity index (χ3n) is 1.82. The average Bonchev–Trinajstić information content (AvgIpc) is 2.16. The van der Waals surface area contributed by atoms with E-state index in [-0.39, 0.29) is 35.1 Å². The minimum Gasteiger partial charge on any atom is -0.746 e. The molecule has 1 N–H and O–H groups in total. The largest absolute Gasteiger partial charge is 1.00 e. The van der Waals surface area contributed by atoms with Crippen LogP contribution in [-0.2, 0) is 21.5 Å². The number of methoxy groups -OCH3 is 1. The summed E-state index contributed by atoms with van der Waals surface area (Å²) in [7, 11) is -3.23. The van der Waals surface area contributed by atoms with Crippen LogP contribution >= 0.6 is 0 Å². The van der Waals surface area contributed by atoms with Crippen LogP contribution in [0.25, 0.3) is 0 Å². The zero-order valence-corrected chi connectivity index (χ0v) is 11.9. The van der Waals surface area contributed by atoms with Crippen molar-refractivity contribution in [3.05, 3.63) is 35.4 Å². The Labute approximate surface area is 116 Å². The molecule has 0 amide bonds. The summed E-state index contributed by atoms with van der Waals surface area (Å²) in [5, 5.41) is 9.21. The SMILES string of the molecule is COCc1cccc(C(O)S(=O)(=O)[O-])c1.[Na+]. The van der Waals surface area contributed by atoms with Gasteiger partial charge in [-0.05, 0) is 17.2 Å². The number of ether oxygens (including phenoxy) is 1. The Morgan fingerprint density at radius 3 is 2.62 bits per heavy atom. The van der Waals surface area contributed by atoms with Crippen LogP contribution in [0.5, 0.6) is 0 Å². The molecule has 1 atom stereocenters. The summed E-state index contributed by atoms with van der Waals surface area (Å²) in [6, 6.07) is 6.05. The molecule has 1 unspecified atom stereocenters. The molecule has 0 fully saturated rings. The molecule has 16 heavy (non-hydrogen) atoms. The van der Waals surface area contributed by atoms with E-state index in [1.54, 1.807) is 12.1 Å². The van der Waals surface area contributed by atoms with Crippen molar-refractivity contribution in [1.82, 2.24) is 0 Å². The molecule has 0 bridgehead atoms. The topological polar surface area (TPSA) is 86.7 Å². The summed E-state index contributed by atoms with van der Waals surface area (Å²) >= 11 is 0. The van der Waals surface area contributed by atoms with Gasteiger partial charge in [-0.15, -0.1) is 0 Å². The van der Waals surface area contributed by atoms with Crippen LogP contribution in [0.1, 0.15) is 16.6 Å². The first-order chi connectivity index (χ1) is 6.95. The predicted molar refractivity (Wildman–Crippen MR) is 51.8 cm³/mol. The van der Waals surface area contributed by atoms with Crippen molar-refractivity contribution >= 4 is 10.1 Å². The Morgan fingerprint density at radius 1 is 1.50 bits per heavy atom. The number of hydrogen-bond acceptors (Lipinski definition) is 5. The number of hydrogen-bond donors (Lipinski definition) is 1. The molecule has 0 aromatic heterocycles. The molecule has 0 heterocycles. The summed E-state index contributed by atoms with van der Waals surface area (Å²) < 4.78 is 36.5. The molecule has 0 aliphatic heterocycles. The van der Waals surface area contributed by atoms with Gasteiger partial charge in [-0.25, -0.2) is 8.42 Å². The van der Waals surface area contributed by atoms with Gasteiger partial charge in [0, 0.05) is 7.11 Å². The molecule has 0 saturated carbocycles. The van der Waals surface area contributed by atoms with Crippen molar-refractivity contribution in [2.45, 2.75) is 12.0 Å². The minimum absolute atomic E-state index is 0. The summed E-state index contributed by atoms with van der Waals surface area (Å²) in [4.78, 5) is 0. The van der Waals surface area contributed by atoms with Gasteiger partial charge in [-0.3, -0.25) is 0 Å². The van der Waals surface area contributed by atoms with Crippen LogP contribution < -0.4 is 29.6 Å². The molecular weight excluding hydrogens is 243 g/mol. The van der Waals surface area contributed by atoms with Gasteiger partial charge < -0.3 is 14.4 Å². The van der Waals surface area contributed by atoms with Crippen molar-refractivity contribution in [1.29, 1.82) is 0 Å². The average molecular weight is 254 g/mol.